The fourth-order valence-corrected chi connectivity index (χ4v) is 1.49. The molecular weight excluding hydrogens is 208 g/mol. The monoisotopic (exact) mass is 224 g/mol. The van der Waals surface area contributed by atoms with Crippen LogP contribution in [0.4, 0.5) is 0 Å². The number of aromatic amines is 1. The third-order valence-electron chi connectivity index (χ3n) is 2.32. The number of Topliss-reactive ketones (excluding diaryl/α,β-unsaturated/α-hetero) is 1. The number of ketones is 1. The predicted octanol–water partition coefficient (Wildman–Crippen LogP) is 0.604. The number of nitrogens with one attached hydrogen (secondary N) is 1. The van der Waals surface area contributed by atoms with Gasteiger partial charge in [0.05, 0.1) is 0 Å². The Morgan fingerprint density at radius 1 is 1.38 bits per heavy atom. The maximum Gasteiger partial charge on any atom is 0.328 e. The van der Waals surface area contributed by atoms with Crippen LogP contribution in [0.5, 0.6) is 0 Å². The minimum atomic E-state index is -0.382. The molecule has 1 aromatic rings. The van der Waals surface area contributed by atoms with Crippen molar-refractivity contribution in [1.82, 2.24) is 9.55 Å². The van der Waals surface area contributed by atoms with E-state index >= 15 is 0 Å². The zero-order valence-electron chi connectivity index (χ0n) is 9.58. The molecule has 0 atom stereocenters. The second-order valence-corrected chi connectivity index (χ2v) is 3.91. The molecule has 0 aliphatic rings. The van der Waals surface area contributed by atoms with Gasteiger partial charge in [-0.2, -0.15) is 0 Å². The topological polar surface area (TPSA) is 71.9 Å². The van der Waals surface area contributed by atoms with Gasteiger partial charge in [-0.1, -0.05) is 0 Å². The number of hydrogen-bond acceptors (Lipinski definition) is 3. The van der Waals surface area contributed by atoms with E-state index in [1.807, 2.05) is 0 Å². The molecule has 0 aliphatic heterocycles. The SMILES string of the molecule is CC(=O)CCCCn1c(=O)cc(C)[nH]c1=O. The lowest BCUT2D eigenvalue weighted by Crippen LogP contribution is -2.35. The Bertz CT molecular complexity index is 453. The highest BCUT2D eigenvalue weighted by Gasteiger charge is 2.02. The van der Waals surface area contributed by atoms with Gasteiger partial charge in [-0.25, -0.2) is 4.79 Å². The predicted molar refractivity (Wildman–Crippen MR) is 60.6 cm³/mol. The Morgan fingerprint density at radius 2 is 2.06 bits per heavy atom. The van der Waals surface area contributed by atoms with Gasteiger partial charge in [0.25, 0.3) is 5.56 Å². The highest BCUT2D eigenvalue weighted by atomic mass is 16.2. The number of carbonyl (C=O) groups excluding carboxylic acids is 1. The molecule has 0 unspecified atom stereocenters. The van der Waals surface area contributed by atoms with Crippen molar-refractivity contribution in [1.29, 1.82) is 0 Å². The molecule has 1 N–H and O–H groups in total. The molecule has 0 bridgehead atoms. The molecule has 0 aliphatic carbocycles. The zero-order chi connectivity index (χ0) is 12.1. The molecule has 0 spiro atoms. The molecular formula is C11H16N2O3. The summed E-state index contributed by atoms with van der Waals surface area (Å²) in [5.74, 6) is 0.130. The Morgan fingerprint density at radius 3 is 2.62 bits per heavy atom. The minimum Gasteiger partial charge on any atom is -0.311 e. The number of nitrogens with zero attached hydrogens (tertiary/aromatic N) is 1. The van der Waals surface area contributed by atoms with Crippen molar-refractivity contribution in [2.45, 2.75) is 39.7 Å². The highest BCUT2D eigenvalue weighted by Crippen LogP contribution is 1.97. The van der Waals surface area contributed by atoms with Crippen molar-refractivity contribution in [3.63, 3.8) is 0 Å². The zero-order valence-corrected chi connectivity index (χ0v) is 9.58. The standard InChI is InChI=1S/C11H16N2O3/c1-8-7-10(15)13(11(16)12-8)6-4-3-5-9(2)14/h7H,3-6H2,1-2H3,(H,12,16). The summed E-state index contributed by atoms with van der Waals surface area (Å²) < 4.78 is 1.16. The van der Waals surface area contributed by atoms with Crippen LogP contribution in [0, 0.1) is 6.92 Å². The van der Waals surface area contributed by atoms with Crippen molar-refractivity contribution in [2.24, 2.45) is 0 Å². The molecule has 5 nitrogen and oxygen atoms in total. The van der Waals surface area contributed by atoms with Gasteiger partial charge in [-0.3, -0.25) is 9.36 Å². The number of aryl methyl sites for hydroxylation is 1. The second kappa shape index (κ2) is 5.44. The van der Waals surface area contributed by atoms with Crippen molar-refractivity contribution in [3.8, 4) is 0 Å². The maximum absolute atomic E-state index is 11.5. The number of unbranched alkanes of at least 4 members (excludes halogenated alkanes) is 1. The molecule has 5 heteroatoms. The number of aromatic nitrogens is 2. The third kappa shape index (κ3) is 3.49. The van der Waals surface area contributed by atoms with Gasteiger partial charge < -0.3 is 9.78 Å². The summed E-state index contributed by atoms with van der Waals surface area (Å²) in [5, 5.41) is 0. The first-order valence-electron chi connectivity index (χ1n) is 5.31. The van der Waals surface area contributed by atoms with Gasteiger partial charge in [-0.15, -0.1) is 0 Å². The van der Waals surface area contributed by atoms with Gasteiger partial charge in [0, 0.05) is 24.7 Å². The van der Waals surface area contributed by atoms with Gasteiger partial charge in [0.1, 0.15) is 5.78 Å². The van der Waals surface area contributed by atoms with E-state index in [1.54, 1.807) is 6.92 Å². The fraction of sp³-hybridized carbons (Fsp3) is 0.545. The molecule has 1 heterocycles. The van der Waals surface area contributed by atoms with Crippen LogP contribution in [0.25, 0.3) is 0 Å². The van der Waals surface area contributed by atoms with Crippen LogP contribution >= 0.6 is 0 Å². The summed E-state index contributed by atoms with van der Waals surface area (Å²) in [7, 11) is 0. The van der Waals surface area contributed by atoms with E-state index in [-0.39, 0.29) is 17.0 Å². The molecule has 0 saturated carbocycles. The summed E-state index contributed by atoms with van der Waals surface area (Å²) in [6.07, 6.45) is 1.86. The van der Waals surface area contributed by atoms with Crippen LogP contribution in [-0.2, 0) is 11.3 Å². The van der Waals surface area contributed by atoms with Crippen LogP contribution in [0.1, 0.15) is 31.9 Å². The number of H-pyrrole nitrogens is 1. The van der Waals surface area contributed by atoms with Crippen LogP contribution < -0.4 is 11.2 Å². The van der Waals surface area contributed by atoms with Gasteiger partial charge >= 0.3 is 5.69 Å². The Kier molecular flexibility index (Phi) is 4.22. The normalized spacial score (nSPS) is 10.4. The summed E-state index contributed by atoms with van der Waals surface area (Å²) in [4.78, 5) is 36.2. The van der Waals surface area contributed by atoms with E-state index in [0.717, 1.165) is 4.57 Å². The van der Waals surface area contributed by atoms with Crippen LogP contribution in [0.3, 0.4) is 0 Å². The third-order valence-corrected chi connectivity index (χ3v) is 2.32. The van der Waals surface area contributed by atoms with Crippen molar-refractivity contribution in [2.75, 3.05) is 0 Å². The largest absolute Gasteiger partial charge is 0.328 e. The van der Waals surface area contributed by atoms with E-state index in [1.165, 1.54) is 13.0 Å². The molecule has 88 valence electrons. The van der Waals surface area contributed by atoms with Gasteiger partial charge in [0.15, 0.2) is 0 Å². The smallest absolute Gasteiger partial charge is 0.311 e. The summed E-state index contributed by atoms with van der Waals surface area (Å²) in [5.41, 5.74) is -0.105. The Balaban J connectivity index is 2.65. The van der Waals surface area contributed by atoms with Crippen molar-refractivity contribution < 1.29 is 4.79 Å². The maximum atomic E-state index is 11.5. The first-order chi connectivity index (χ1) is 7.50. The van der Waals surface area contributed by atoms with Gasteiger partial charge in [0.2, 0.25) is 0 Å². The first kappa shape index (κ1) is 12.4. The lowest BCUT2D eigenvalue weighted by Gasteiger charge is -2.03. The molecule has 0 amide bonds. The van der Waals surface area contributed by atoms with Crippen molar-refractivity contribution >= 4 is 5.78 Å². The summed E-state index contributed by atoms with van der Waals surface area (Å²) >= 11 is 0. The molecule has 0 aromatic carbocycles. The minimum absolute atomic E-state index is 0.130. The van der Waals surface area contributed by atoms with Gasteiger partial charge in [-0.05, 0) is 26.7 Å². The van der Waals surface area contributed by atoms with Crippen LogP contribution in [0.2, 0.25) is 0 Å². The molecule has 0 radical (unpaired) electrons. The quantitative estimate of drug-likeness (QED) is 0.744. The van der Waals surface area contributed by atoms with E-state index in [4.69, 9.17) is 0 Å². The summed E-state index contributed by atoms with van der Waals surface area (Å²) in [6.45, 7) is 3.56. The van der Waals surface area contributed by atoms with Crippen LogP contribution in [0.15, 0.2) is 15.7 Å². The van der Waals surface area contributed by atoms with E-state index in [0.29, 0.717) is 31.5 Å². The van der Waals surface area contributed by atoms with Crippen LogP contribution in [-0.4, -0.2) is 15.3 Å². The fourth-order valence-electron chi connectivity index (χ4n) is 1.49. The number of carbonyl (C=O) groups is 1. The Hall–Kier alpha value is -1.65. The average molecular weight is 224 g/mol. The second-order valence-electron chi connectivity index (χ2n) is 3.91. The molecule has 1 rings (SSSR count). The van der Waals surface area contributed by atoms with E-state index < -0.39 is 0 Å². The number of rotatable bonds is 5. The molecule has 0 fully saturated rings. The lowest BCUT2D eigenvalue weighted by molar-refractivity contribution is -0.117. The average Bonchev–Trinajstić information content (AvgIpc) is 2.14. The lowest BCUT2D eigenvalue weighted by atomic mass is 10.2. The van der Waals surface area contributed by atoms with E-state index in [9.17, 15) is 14.4 Å². The Labute approximate surface area is 93.1 Å². The molecule has 0 saturated heterocycles. The molecule has 16 heavy (non-hydrogen) atoms. The van der Waals surface area contributed by atoms with E-state index in [2.05, 4.69) is 4.98 Å². The van der Waals surface area contributed by atoms with Crippen molar-refractivity contribution in [3.05, 3.63) is 32.6 Å². The molecule has 1 aromatic heterocycles. The highest BCUT2D eigenvalue weighted by molar-refractivity contribution is 5.75. The summed E-state index contributed by atoms with van der Waals surface area (Å²) in [6, 6.07) is 1.40. The number of hydrogen-bond donors (Lipinski definition) is 1. The first-order valence-corrected chi connectivity index (χ1v) is 5.31.